The SMILES string of the molecule is CCNC(=NCC(O)COC(C)c1ccccc1)NC1CCN(CC(F)(F)F)C1.I. The number of guanidine groups is 1. The first-order chi connectivity index (χ1) is 13.8. The number of aliphatic hydroxyl groups is 1. The van der Waals surface area contributed by atoms with Crippen molar-refractivity contribution in [2.75, 3.05) is 39.3 Å². The van der Waals surface area contributed by atoms with Gasteiger partial charge in [0.05, 0.1) is 31.9 Å². The van der Waals surface area contributed by atoms with Crippen LogP contribution in [0, 0.1) is 0 Å². The van der Waals surface area contributed by atoms with Gasteiger partial charge in [0.2, 0.25) is 0 Å². The molecule has 0 saturated carbocycles. The minimum absolute atomic E-state index is 0. The van der Waals surface area contributed by atoms with Crippen molar-refractivity contribution in [3.63, 3.8) is 0 Å². The number of hydrogen-bond donors (Lipinski definition) is 3. The highest BCUT2D eigenvalue weighted by atomic mass is 127. The van der Waals surface area contributed by atoms with Crippen LogP contribution in [0.4, 0.5) is 13.2 Å². The summed E-state index contributed by atoms with van der Waals surface area (Å²) in [6.45, 7) is 4.52. The second kappa shape index (κ2) is 13.3. The van der Waals surface area contributed by atoms with Crippen molar-refractivity contribution >= 4 is 29.9 Å². The third-order valence-corrected chi connectivity index (χ3v) is 4.63. The number of ether oxygens (including phenoxy) is 1. The van der Waals surface area contributed by atoms with Crippen LogP contribution in [0.5, 0.6) is 0 Å². The molecule has 0 aliphatic carbocycles. The minimum Gasteiger partial charge on any atom is -0.389 e. The first-order valence-electron chi connectivity index (χ1n) is 9.95. The van der Waals surface area contributed by atoms with Crippen LogP contribution < -0.4 is 10.6 Å². The summed E-state index contributed by atoms with van der Waals surface area (Å²) < 4.78 is 43.3. The molecule has 3 N–H and O–H groups in total. The lowest BCUT2D eigenvalue weighted by Crippen LogP contribution is -2.45. The summed E-state index contributed by atoms with van der Waals surface area (Å²) >= 11 is 0. The molecule has 1 saturated heterocycles. The molecule has 1 aliphatic heterocycles. The highest BCUT2D eigenvalue weighted by molar-refractivity contribution is 14.0. The maximum Gasteiger partial charge on any atom is 0.401 e. The average molecular weight is 544 g/mol. The van der Waals surface area contributed by atoms with Crippen LogP contribution in [0.25, 0.3) is 0 Å². The van der Waals surface area contributed by atoms with Crippen molar-refractivity contribution in [2.24, 2.45) is 4.99 Å². The molecule has 3 unspecified atom stereocenters. The highest BCUT2D eigenvalue weighted by Crippen LogP contribution is 2.20. The van der Waals surface area contributed by atoms with Crippen LogP contribution >= 0.6 is 24.0 Å². The van der Waals surface area contributed by atoms with Crippen LogP contribution in [-0.2, 0) is 4.74 Å². The number of benzene rings is 1. The average Bonchev–Trinajstić information content (AvgIpc) is 3.10. The monoisotopic (exact) mass is 544 g/mol. The van der Waals surface area contributed by atoms with Crippen LogP contribution in [0.1, 0.15) is 31.9 Å². The molecule has 6 nitrogen and oxygen atoms in total. The Hall–Kier alpha value is -1.11. The quantitative estimate of drug-likeness (QED) is 0.254. The van der Waals surface area contributed by atoms with E-state index in [-0.39, 0.29) is 49.3 Å². The topological polar surface area (TPSA) is 69.1 Å². The number of aliphatic imine (C=N–C) groups is 1. The van der Waals surface area contributed by atoms with Crippen molar-refractivity contribution in [2.45, 2.75) is 44.7 Å². The lowest BCUT2D eigenvalue weighted by molar-refractivity contribution is -0.143. The largest absolute Gasteiger partial charge is 0.401 e. The van der Waals surface area contributed by atoms with Crippen molar-refractivity contribution in [3.8, 4) is 0 Å². The number of rotatable bonds is 9. The normalized spacial score (nSPS) is 19.8. The molecule has 3 atom stereocenters. The number of hydrogen-bond acceptors (Lipinski definition) is 4. The van der Waals surface area contributed by atoms with Gasteiger partial charge in [0.25, 0.3) is 0 Å². The Labute approximate surface area is 193 Å². The molecule has 1 heterocycles. The first-order valence-corrected chi connectivity index (χ1v) is 9.95. The predicted molar refractivity (Wildman–Crippen MR) is 122 cm³/mol. The van der Waals surface area contributed by atoms with E-state index in [1.54, 1.807) is 0 Å². The van der Waals surface area contributed by atoms with Crippen LogP contribution in [-0.4, -0.2) is 73.6 Å². The van der Waals surface area contributed by atoms with Crippen LogP contribution in [0.2, 0.25) is 0 Å². The summed E-state index contributed by atoms with van der Waals surface area (Å²) in [5.41, 5.74) is 1.03. The Balaban J connectivity index is 0.00000450. The molecule has 0 bridgehead atoms. The van der Waals surface area contributed by atoms with E-state index in [9.17, 15) is 18.3 Å². The molecular weight excluding hydrogens is 512 g/mol. The van der Waals surface area contributed by atoms with E-state index in [2.05, 4.69) is 15.6 Å². The molecule has 1 aromatic rings. The Morgan fingerprint density at radius 1 is 1.33 bits per heavy atom. The lowest BCUT2D eigenvalue weighted by atomic mass is 10.1. The number of halogens is 4. The second-order valence-electron chi connectivity index (χ2n) is 7.24. The molecule has 0 radical (unpaired) electrons. The van der Waals surface area contributed by atoms with E-state index >= 15 is 0 Å². The molecule has 0 amide bonds. The molecule has 0 aromatic heterocycles. The minimum atomic E-state index is -4.19. The van der Waals surface area contributed by atoms with Crippen LogP contribution in [0.15, 0.2) is 35.3 Å². The van der Waals surface area contributed by atoms with Gasteiger partial charge in [0, 0.05) is 25.7 Å². The summed E-state index contributed by atoms with van der Waals surface area (Å²) in [6, 6.07) is 9.62. The standard InChI is InChI=1S/C20H31F3N4O2.HI/c1-3-24-19(26-17-9-10-27(12-17)14-20(21,22)23)25-11-18(28)13-29-15(2)16-7-5-4-6-8-16;/h4-8,15,17-18,28H,3,9-14H2,1-2H3,(H2,24,25,26);1H. The van der Waals surface area contributed by atoms with Gasteiger partial charge in [-0.2, -0.15) is 13.2 Å². The Bertz CT molecular complexity index is 634. The van der Waals surface area contributed by atoms with E-state index in [0.717, 1.165) is 5.56 Å². The third kappa shape index (κ3) is 10.3. The molecule has 1 aromatic carbocycles. The molecule has 30 heavy (non-hydrogen) atoms. The Morgan fingerprint density at radius 2 is 2.03 bits per heavy atom. The molecule has 0 spiro atoms. The molecule has 10 heteroatoms. The predicted octanol–water partition coefficient (Wildman–Crippen LogP) is 2.93. The second-order valence-corrected chi connectivity index (χ2v) is 7.24. The van der Waals surface area contributed by atoms with Gasteiger partial charge >= 0.3 is 6.18 Å². The molecular formula is C20H32F3IN4O2. The summed E-state index contributed by atoms with van der Waals surface area (Å²) in [5, 5.41) is 16.4. The van der Waals surface area contributed by atoms with Gasteiger partial charge in [0.1, 0.15) is 0 Å². The maximum absolute atomic E-state index is 12.5. The fourth-order valence-corrected chi connectivity index (χ4v) is 3.19. The highest BCUT2D eigenvalue weighted by Gasteiger charge is 2.34. The summed E-state index contributed by atoms with van der Waals surface area (Å²) in [5.74, 6) is 0.488. The van der Waals surface area contributed by atoms with Crippen molar-refractivity contribution < 1.29 is 23.0 Å². The van der Waals surface area contributed by atoms with Gasteiger partial charge in [-0.05, 0) is 25.8 Å². The molecule has 172 valence electrons. The van der Waals surface area contributed by atoms with Gasteiger partial charge < -0.3 is 20.5 Å². The Kier molecular flexibility index (Phi) is 12.0. The van der Waals surface area contributed by atoms with Gasteiger partial charge in [-0.3, -0.25) is 9.89 Å². The lowest BCUT2D eigenvalue weighted by Gasteiger charge is -2.20. The number of nitrogens with one attached hydrogen (secondary N) is 2. The molecule has 2 rings (SSSR count). The zero-order valence-electron chi connectivity index (χ0n) is 17.4. The van der Waals surface area contributed by atoms with Gasteiger partial charge in [-0.25, -0.2) is 0 Å². The van der Waals surface area contributed by atoms with E-state index in [4.69, 9.17) is 4.74 Å². The summed E-state index contributed by atoms with van der Waals surface area (Å²) in [4.78, 5) is 5.73. The maximum atomic E-state index is 12.5. The molecule has 1 aliphatic rings. The van der Waals surface area contributed by atoms with Crippen molar-refractivity contribution in [1.82, 2.24) is 15.5 Å². The fourth-order valence-electron chi connectivity index (χ4n) is 3.19. The van der Waals surface area contributed by atoms with Crippen molar-refractivity contribution in [1.29, 1.82) is 0 Å². The number of alkyl halides is 3. The van der Waals surface area contributed by atoms with Gasteiger partial charge in [-0.1, -0.05) is 30.3 Å². The summed E-state index contributed by atoms with van der Waals surface area (Å²) in [7, 11) is 0. The first kappa shape index (κ1) is 26.9. The van der Waals surface area contributed by atoms with Gasteiger partial charge in [0.15, 0.2) is 5.96 Å². The Morgan fingerprint density at radius 3 is 2.67 bits per heavy atom. The number of likely N-dealkylation sites (tertiary alicyclic amines) is 1. The summed E-state index contributed by atoms with van der Waals surface area (Å²) in [6.07, 6.45) is -4.49. The zero-order chi connectivity index (χ0) is 21.3. The molecule has 1 fully saturated rings. The number of aliphatic hydroxyl groups excluding tert-OH is 1. The van der Waals surface area contributed by atoms with E-state index in [1.165, 1.54) is 4.90 Å². The van der Waals surface area contributed by atoms with E-state index in [0.29, 0.717) is 32.0 Å². The van der Waals surface area contributed by atoms with E-state index in [1.807, 2.05) is 44.2 Å². The van der Waals surface area contributed by atoms with Crippen molar-refractivity contribution in [3.05, 3.63) is 35.9 Å². The van der Waals surface area contributed by atoms with Crippen LogP contribution in [0.3, 0.4) is 0 Å². The fraction of sp³-hybridized carbons (Fsp3) is 0.650. The zero-order valence-corrected chi connectivity index (χ0v) is 19.7. The number of nitrogens with zero attached hydrogens (tertiary/aromatic N) is 2. The van der Waals surface area contributed by atoms with E-state index < -0.39 is 18.8 Å². The van der Waals surface area contributed by atoms with Gasteiger partial charge in [-0.15, -0.1) is 24.0 Å². The smallest absolute Gasteiger partial charge is 0.389 e. The third-order valence-electron chi connectivity index (χ3n) is 4.63.